The first-order chi connectivity index (χ1) is 12.4. The van der Waals surface area contributed by atoms with Crippen molar-refractivity contribution in [3.8, 4) is 0 Å². The zero-order chi connectivity index (χ0) is 19.1. The molecule has 138 valence electrons. The number of esters is 1. The van der Waals surface area contributed by atoms with Crippen molar-refractivity contribution in [2.75, 3.05) is 19.7 Å². The Labute approximate surface area is 149 Å². The van der Waals surface area contributed by atoms with Crippen LogP contribution >= 0.6 is 0 Å². The predicted octanol–water partition coefficient (Wildman–Crippen LogP) is 0.901. The standard InChI is InChI=1S/C18H20N2O6/c1-3-6-19-16(22)9-20-17(23)10-25-18(24)15-8-13(21)12-7-11(2)4-5-14(12)26-15/h4-5,7-8H,3,6,9-10H2,1-2H3,(H,19,22)(H,20,23). The zero-order valence-corrected chi connectivity index (χ0v) is 14.6. The van der Waals surface area contributed by atoms with Gasteiger partial charge in [-0.3, -0.25) is 14.4 Å². The Morgan fingerprint density at radius 1 is 1.12 bits per heavy atom. The maximum atomic E-state index is 12.1. The number of carbonyl (C=O) groups excluding carboxylic acids is 3. The molecular formula is C18H20N2O6. The highest BCUT2D eigenvalue weighted by molar-refractivity contribution is 5.91. The van der Waals surface area contributed by atoms with Gasteiger partial charge in [0, 0.05) is 12.6 Å². The molecule has 0 aliphatic rings. The molecule has 0 spiro atoms. The summed E-state index contributed by atoms with van der Waals surface area (Å²) in [5.74, 6) is -2.19. The molecule has 0 aliphatic heterocycles. The van der Waals surface area contributed by atoms with Crippen molar-refractivity contribution < 1.29 is 23.5 Å². The molecule has 1 heterocycles. The Bertz CT molecular complexity index is 887. The Morgan fingerprint density at radius 3 is 2.62 bits per heavy atom. The van der Waals surface area contributed by atoms with E-state index in [0.717, 1.165) is 18.1 Å². The fourth-order valence-corrected chi connectivity index (χ4v) is 2.13. The molecule has 0 unspecified atom stereocenters. The summed E-state index contributed by atoms with van der Waals surface area (Å²) in [6.45, 7) is 3.47. The number of aryl methyl sites for hydroxylation is 1. The van der Waals surface area contributed by atoms with Gasteiger partial charge >= 0.3 is 5.97 Å². The summed E-state index contributed by atoms with van der Waals surface area (Å²) in [4.78, 5) is 47.0. The highest BCUT2D eigenvalue weighted by Crippen LogP contribution is 2.14. The summed E-state index contributed by atoms with van der Waals surface area (Å²) < 4.78 is 10.2. The molecule has 0 aliphatic carbocycles. The fraction of sp³-hybridized carbons (Fsp3) is 0.333. The summed E-state index contributed by atoms with van der Waals surface area (Å²) in [5.41, 5.74) is 0.769. The van der Waals surface area contributed by atoms with Gasteiger partial charge in [0.1, 0.15) is 5.58 Å². The third kappa shape index (κ3) is 5.17. The van der Waals surface area contributed by atoms with Crippen molar-refractivity contribution >= 4 is 28.8 Å². The quantitative estimate of drug-likeness (QED) is 0.709. The van der Waals surface area contributed by atoms with Crippen molar-refractivity contribution in [3.63, 3.8) is 0 Å². The van der Waals surface area contributed by atoms with E-state index in [2.05, 4.69) is 10.6 Å². The molecule has 1 aromatic heterocycles. The second-order valence-corrected chi connectivity index (χ2v) is 5.68. The number of fused-ring (bicyclic) bond motifs is 1. The highest BCUT2D eigenvalue weighted by Gasteiger charge is 2.16. The van der Waals surface area contributed by atoms with E-state index in [9.17, 15) is 19.2 Å². The van der Waals surface area contributed by atoms with E-state index in [0.29, 0.717) is 11.9 Å². The van der Waals surface area contributed by atoms with E-state index >= 15 is 0 Å². The van der Waals surface area contributed by atoms with Gasteiger partial charge < -0.3 is 19.8 Å². The normalized spacial score (nSPS) is 10.4. The van der Waals surface area contributed by atoms with Crippen molar-refractivity contribution in [1.29, 1.82) is 0 Å². The van der Waals surface area contributed by atoms with E-state index in [1.165, 1.54) is 0 Å². The number of hydrogen-bond donors (Lipinski definition) is 2. The summed E-state index contributed by atoms with van der Waals surface area (Å²) in [5, 5.41) is 5.28. The average Bonchev–Trinajstić information content (AvgIpc) is 2.63. The second-order valence-electron chi connectivity index (χ2n) is 5.68. The molecule has 0 saturated carbocycles. The third-order valence-electron chi connectivity index (χ3n) is 3.44. The fourth-order valence-electron chi connectivity index (χ4n) is 2.13. The molecule has 8 nitrogen and oxygen atoms in total. The van der Waals surface area contributed by atoms with Gasteiger partial charge in [-0.1, -0.05) is 18.6 Å². The van der Waals surface area contributed by atoms with E-state index in [1.54, 1.807) is 18.2 Å². The van der Waals surface area contributed by atoms with Gasteiger partial charge in [-0.2, -0.15) is 0 Å². The monoisotopic (exact) mass is 360 g/mol. The van der Waals surface area contributed by atoms with Crippen LogP contribution in [0.3, 0.4) is 0 Å². The lowest BCUT2D eigenvalue weighted by atomic mass is 10.1. The smallest absolute Gasteiger partial charge is 0.374 e. The van der Waals surface area contributed by atoms with Crippen LogP contribution < -0.4 is 16.1 Å². The Morgan fingerprint density at radius 2 is 1.88 bits per heavy atom. The van der Waals surface area contributed by atoms with Crippen LogP contribution in [0.1, 0.15) is 29.5 Å². The lowest BCUT2D eigenvalue weighted by molar-refractivity contribution is -0.127. The third-order valence-corrected chi connectivity index (χ3v) is 3.44. The molecule has 0 atom stereocenters. The van der Waals surface area contributed by atoms with Crippen LogP contribution in [0.15, 0.2) is 33.5 Å². The van der Waals surface area contributed by atoms with E-state index < -0.39 is 18.5 Å². The first kappa shape index (κ1) is 19.2. The lowest BCUT2D eigenvalue weighted by Gasteiger charge is -2.07. The van der Waals surface area contributed by atoms with Gasteiger partial charge in [0.15, 0.2) is 12.0 Å². The van der Waals surface area contributed by atoms with Gasteiger partial charge in [-0.25, -0.2) is 4.79 Å². The molecule has 0 fully saturated rings. The SMILES string of the molecule is CCCNC(=O)CNC(=O)COC(=O)c1cc(=O)c2cc(C)ccc2o1. The summed E-state index contributed by atoms with van der Waals surface area (Å²) in [6.07, 6.45) is 0.786. The van der Waals surface area contributed by atoms with E-state index in [4.69, 9.17) is 9.15 Å². The van der Waals surface area contributed by atoms with Gasteiger partial charge in [-0.05, 0) is 25.5 Å². The van der Waals surface area contributed by atoms with Crippen molar-refractivity contribution in [2.24, 2.45) is 0 Å². The van der Waals surface area contributed by atoms with Crippen LogP contribution in [-0.4, -0.2) is 37.5 Å². The summed E-state index contributed by atoms with van der Waals surface area (Å²) in [7, 11) is 0. The molecule has 2 amide bonds. The van der Waals surface area contributed by atoms with Gasteiger partial charge in [0.05, 0.1) is 11.9 Å². The molecular weight excluding hydrogens is 340 g/mol. The number of amides is 2. The largest absolute Gasteiger partial charge is 0.450 e. The molecule has 0 radical (unpaired) electrons. The van der Waals surface area contributed by atoms with Crippen molar-refractivity contribution in [3.05, 3.63) is 45.8 Å². The molecule has 2 N–H and O–H groups in total. The van der Waals surface area contributed by atoms with Crippen molar-refractivity contribution in [1.82, 2.24) is 10.6 Å². The molecule has 1 aromatic carbocycles. The lowest BCUT2D eigenvalue weighted by Crippen LogP contribution is -2.38. The van der Waals surface area contributed by atoms with Gasteiger partial charge in [0.2, 0.25) is 11.7 Å². The average molecular weight is 360 g/mol. The molecule has 2 rings (SSSR count). The number of benzene rings is 1. The summed E-state index contributed by atoms with van der Waals surface area (Å²) >= 11 is 0. The first-order valence-electron chi connectivity index (χ1n) is 8.15. The Kier molecular flexibility index (Phi) is 6.48. The number of hydrogen-bond acceptors (Lipinski definition) is 6. The van der Waals surface area contributed by atoms with E-state index in [1.807, 2.05) is 13.8 Å². The van der Waals surface area contributed by atoms with E-state index in [-0.39, 0.29) is 29.2 Å². The number of rotatable bonds is 7. The van der Waals surface area contributed by atoms with Crippen LogP contribution in [0.5, 0.6) is 0 Å². The predicted molar refractivity (Wildman–Crippen MR) is 93.8 cm³/mol. The minimum atomic E-state index is -0.935. The topological polar surface area (TPSA) is 115 Å². The number of carbonyl (C=O) groups is 3. The molecule has 0 bridgehead atoms. The second kappa shape index (κ2) is 8.80. The Hall–Kier alpha value is -3.16. The van der Waals surface area contributed by atoms with Crippen molar-refractivity contribution in [2.45, 2.75) is 20.3 Å². The number of ether oxygens (including phenoxy) is 1. The van der Waals surface area contributed by atoms with Crippen LogP contribution in [0.2, 0.25) is 0 Å². The minimum absolute atomic E-state index is 0.208. The molecule has 2 aromatic rings. The minimum Gasteiger partial charge on any atom is -0.450 e. The molecule has 26 heavy (non-hydrogen) atoms. The number of nitrogens with one attached hydrogen (secondary N) is 2. The van der Waals surface area contributed by atoms with Crippen LogP contribution in [0.4, 0.5) is 0 Å². The van der Waals surface area contributed by atoms with Gasteiger partial charge in [0.25, 0.3) is 5.91 Å². The van der Waals surface area contributed by atoms with Crippen LogP contribution in [-0.2, 0) is 14.3 Å². The maximum Gasteiger partial charge on any atom is 0.374 e. The molecule has 0 saturated heterocycles. The summed E-state index contributed by atoms with van der Waals surface area (Å²) in [6, 6.07) is 6.02. The zero-order valence-electron chi connectivity index (χ0n) is 14.6. The molecule has 8 heteroatoms. The van der Waals surface area contributed by atoms with Gasteiger partial charge in [-0.15, -0.1) is 0 Å². The van der Waals surface area contributed by atoms with Crippen LogP contribution in [0.25, 0.3) is 11.0 Å². The van der Waals surface area contributed by atoms with Crippen LogP contribution in [0, 0.1) is 6.92 Å². The first-order valence-corrected chi connectivity index (χ1v) is 8.15. The maximum absolute atomic E-state index is 12.1. The highest BCUT2D eigenvalue weighted by atomic mass is 16.5. The Balaban J connectivity index is 1.92.